The van der Waals surface area contributed by atoms with Crippen molar-refractivity contribution in [1.29, 1.82) is 0 Å². The molecule has 1 aromatic heterocycles. The molecular formula is C10H18N4O. The molecule has 1 unspecified atom stereocenters. The van der Waals surface area contributed by atoms with Gasteiger partial charge in [0.25, 0.3) is 0 Å². The maximum Gasteiger partial charge on any atom is 0.228 e. The number of hydrogen-bond acceptors (Lipinski definition) is 5. The van der Waals surface area contributed by atoms with Gasteiger partial charge in [-0.2, -0.15) is 4.98 Å². The second-order valence-electron chi connectivity index (χ2n) is 3.55. The van der Waals surface area contributed by atoms with Crippen LogP contribution in [0.5, 0.6) is 5.88 Å². The average molecular weight is 210 g/mol. The summed E-state index contributed by atoms with van der Waals surface area (Å²) in [5.41, 5.74) is 6.47. The number of ether oxygens (including phenoxy) is 1. The molecule has 5 nitrogen and oxygen atoms in total. The van der Waals surface area contributed by atoms with Crippen LogP contribution < -0.4 is 15.4 Å². The first kappa shape index (κ1) is 11.7. The zero-order valence-electron chi connectivity index (χ0n) is 9.69. The molecule has 2 N–H and O–H groups in total. The molecule has 0 radical (unpaired) electrons. The fourth-order valence-electron chi connectivity index (χ4n) is 1.14. The maximum atomic E-state index is 5.59. The molecule has 0 bridgehead atoms. The molecule has 0 aliphatic heterocycles. The summed E-state index contributed by atoms with van der Waals surface area (Å²) in [7, 11) is 3.52. The third-order valence-corrected chi connectivity index (χ3v) is 2.35. The monoisotopic (exact) mass is 210 g/mol. The van der Waals surface area contributed by atoms with Crippen LogP contribution in [0.4, 0.5) is 5.95 Å². The number of rotatable bonds is 4. The molecule has 1 rings (SSSR count). The molecule has 1 aromatic rings. The van der Waals surface area contributed by atoms with Crippen molar-refractivity contribution in [2.24, 2.45) is 5.73 Å². The Morgan fingerprint density at radius 1 is 1.53 bits per heavy atom. The first-order chi connectivity index (χ1) is 7.08. The zero-order valence-corrected chi connectivity index (χ0v) is 9.69. The van der Waals surface area contributed by atoms with Gasteiger partial charge in [0.05, 0.1) is 7.11 Å². The van der Waals surface area contributed by atoms with Crippen LogP contribution in [0.15, 0.2) is 6.07 Å². The van der Waals surface area contributed by atoms with Crippen molar-refractivity contribution in [2.45, 2.75) is 19.9 Å². The van der Waals surface area contributed by atoms with Crippen LogP contribution in [0.1, 0.15) is 12.6 Å². The van der Waals surface area contributed by atoms with Crippen molar-refractivity contribution in [3.05, 3.63) is 11.8 Å². The lowest BCUT2D eigenvalue weighted by molar-refractivity contribution is 0.396. The average Bonchev–Trinajstić information content (AvgIpc) is 2.26. The highest BCUT2D eigenvalue weighted by atomic mass is 16.5. The van der Waals surface area contributed by atoms with E-state index in [0.29, 0.717) is 18.4 Å². The number of hydrogen-bond donors (Lipinski definition) is 1. The second-order valence-corrected chi connectivity index (χ2v) is 3.55. The smallest absolute Gasteiger partial charge is 0.228 e. The summed E-state index contributed by atoms with van der Waals surface area (Å²) in [5, 5.41) is 0. The quantitative estimate of drug-likeness (QED) is 0.787. The minimum atomic E-state index is 0.205. The molecule has 0 saturated heterocycles. The Morgan fingerprint density at radius 3 is 2.73 bits per heavy atom. The fourth-order valence-corrected chi connectivity index (χ4v) is 1.14. The molecule has 0 amide bonds. The van der Waals surface area contributed by atoms with Gasteiger partial charge >= 0.3 is 0 Å². The van der Waals surface area contributed by atoms with Crippen LogP contribution >= 0.6 is 0 Å². The minimum Gasteiger partial charge on any atom is -0.481 e. The maximum absolute atomic E-state index is 5.59. The Labute approximate surface area is 90.3 Å². The molecule has 0 saturated carbocycles. The van der Waals surface area contributed by atoms with E-state index in [-0.39, 0.29) is 6.04 Å². The molecule has 1 heterocycles. The number of nitrogens with zero attached hydrogens (tertiary/aromatic N) is 3. The molecule has 5 heteroatoms. The van der Waals surface area contributed by atoms with E-state index in [9.17, 15) is 0 Å². The normalized spacial score (nSPS) is 12.3. The van der Waals surface area contributed by atoms with Crippen molar-refractivity contribution in [2.75, 3.05) is 25.6 Å². The van der Waals surface area contributed by atoms with Crippen LogP contribution in [0.2, 0.25) is 0 Å². The van der Waals surface area contributed by atoms with E-state index < -0.39 is 0 Å². The molecule has 0 aliphatic carbocycles. The predicted molar refractivity (Wildman–Crippen MR) is 60.2 cm³/mol. The molecule has 0 aliphatic rings. The van der Waals surface area contributed by atoms with Gasteiger partial charge in [-0.25, -0.2) is 4.98 Å². The molecule has 84 valence electrons. The lowest BCUT2D eigenvalue weighted by atomic mass is 10.3. The number of likely N-dealkylation sites (N-methyl/N-ethyl adjacent to an activating group) is 1. The summed E-state index contributed by atoms with van der Waals surface area (Å²) in [6, 6.07) is 2.00. The van der Waals surface area contributed by atoms with Crippen molar-refractivity contribution in [1.82, 2.24) is 9.97 Å². The first-order valence-electron chi connectivity index (χ1n) is 4.91. The Balaban J connectivity index is 2.97. The minimum absolute atomic E-state index is 0.205. The van der Waals surface area contributed by atoms with E-state index in [0.717, 1.165) is 5.69 Å². The summed E-state index contributed by atoms with van der Waals surface area (Å²) in [5.74, 6) is 1.22. The summed E-state index contributed by atoms with van der Waals surface area (Å²) < 4.78 is 5.09. The lowest BCUT2D eigenvalue weighted by Crippen LogP contribution is -2.36. The Bertz CT molecular complexity index is 329. The summed E-state index contributed by atoms with van der Waals surface area (Å²) in [6.07, 6.45) is 0. The Morgan fingerprint density at radius 2 is 2.20 bits per heavy atom. The Hall–Kier alpha value is -1.36. The lowest BCUT2D eigenvalue weighted by Gasteiger charge is -2.23. The van der Waals surface area contributed by atoms with Gasteiger partial charge in [-0.3, -0.25) is 0 Å². The predicted octanol–water partition coefficient (Wildman–Crippen LogP) is 0.577. The van der Waals surface area contributed by atoms with Crippen LogP contribution in [0.25, 0.3) is 0 Å². The number of nitrogens with two attached hydrogens (primary N) is 1. The van der Waals surface area contributed by atoms with E-state index in [1.54, 1.807) is 13.2 Å². The highest BCUT2D eigenvalue weighted by Gasteiger charge is 2.12. The highest BCUT2D eigenvalue weighted by Crippen LogP contribution is 2.15. The van der Waals surface area contributed by atoms with E-state index in [1.807, 2.05) is 25.8 Å². The van der Waals surface area contributed by atoms with Crippen LogP contribution in [-0.4, -0.2) is 36.7 Å². The van der Waals surface area contributed by atoms with Gasteiger partial charge in [-0.1, -0.05) is 0 Å². The van der Waals surface area contributed by atoms with Gasteiger partial charge in [-0.15, -0.1) is 0 Å². The van der Waals surface area contributed by atoms with E-state index in [2.05, 4.69) is 9.97 Å². The number of anilines is 1. The molecular weight excluding hydrogens is 192 g/mol. The highest BCUT2D eigenvalue weighted by molar-refractivity contribution is 5.34. The van der Waals surface area contributed by atoms with Crippen LogP contribution in [0, 0.1) is 6.92 Å². The molecule has 0 fully saturated rings. The first-order valence-corrected chi connectivity index (χ1v) is 4.91. The van der Waals surface area contributed by atoms with Gasteiger partial charge in [-0.05, 0) is 13.8 Å². The molecule has 1 atom stereocenters. The number of aromatic nitrogens is 2. The van der Waals surface area contributed by atoms with Crippen molar-refractivity contribution < 1.29 is 4.74 Å². The third kappa shape index (κ3) is 2.79. The SMILES string of the molecule is COc1cc(C)nc(N(C)C(C)CN)n1. The van der Waals surface area contributed by atoms with Crippen LogP contribution in [0.3, 0.4) is 0 Å². The Kier molecular flexibility index (Phi) is 3.85. The molecule has 15 heavy (non-hydrogen) atoms. The van der Waals surface area contributed by atoms with Crippen molar-refractivity contribution >= 4 is 5.95 Å². The summed E-state index contributed by atoms with van der Waals surface area (Å²) in [4.78, 5) is 10.5. The van der Waals surface area contributed by atoms with E-state index in [1.165, 1.54) is 0 Å². The third-order valence-electron chi connectivity index (χ3n) is 2.35. The number of methoxy groups -OCH3 is 1. The van der Waals surface area contributed by atoms with Gasteiger partial charge in [0, 0.05) is 31.4 Å². The number of aryl methyl sites for hydroxylation is 1. The van der Waals surface area contributed by atoms with Crippen molar-refractivity contribution in [3.63, 3.8) is 0 Å². The molecule has 0 spiro atoms. The summed E-state index contributed by atoms with van der Waals surface area (Å²) in [6.45, 7) is 4.50. The second kappa shape index (κ2) is 4.93. The van der Waals surface area contributed by atoms with Crippen LogP contribution in [-0.2, 0) is 0 Å². The summed E-state index contributed by atoms with van der Waals surface area (Å²) >= 11 is 0. The topological polar surface area (TPSA) is 64.3 Å². The molecule has 0 aromatic carbocycles. The van der Waals surface area contributed by atoms with Gasteiger partial charge < -0.3 is 15.4 Å². The standard InChI is InChI=1S/C10H18N4O/c1-7-5-9(15-4)13-10(12-7)14(3)8(2)6-11/h5,8H,6,11H2,1-4H3. The van der Waals surface area contributed by atoms with E-state index >= 15 is 0 Å². The largest absolute Gasteiger partial charge is 0.481 e. The van der Waals surface area contributed by atoms with Gasteiger partial charge in [0.2, 0.25) is 11.8 Å². The van der Waals surface area contributed by atoms with E-state index in [4.69, 9.17) is 10.5 Å². The van der Waals surface area contributed by atoms with Gasteiger partial charge in [0.15, 0.2) is 0 Å². The van der Waals surface area contributed by atoms with Crippen molar-refractivity contribution in [3.8, 4) is 5.88 Å². The zero-order chi connectivity index (χ0) is 11.4. The van der Waals surface area contributed by atoms with Gasteiger partial charge in [0.1, 0.15) is 0 Å². The fraction of sp³-hybridized carbons (Fsp3) is 0.600.